The lowest BCUT2D eigenvalue weighted by atomic mass is 10.0. The van der Waals surface area contributed by atoms with Crippen LogP contribution >= 0.6 is 0 Å². The molecule has 5 heteroatoms. The van der Waals surface area contributed by atoms with Crippen LogP contribution in [-0.2, 0) is 6.42 Å². The lowest BCUT2D eigenvalue weighted by Crippen LogP contribution is -1.95. The minimum atomic E-state index is -0.936. The zero-order valence-corrected chi connectivity index (χ0v) is 19.2. The third kappa shape index (κ3) is 5.65. The average Bonchev–Trinajstić information content (AvgIpc) is 2.85. The molecule has 178 valence electrons. The summed E-state index contributed by atoms with van der Waals surface area (Å²) >= 11 is 0. The fraction of sp³-hybridized carbons (Fsp3) is 0.0968. The number of halogens is 5. The number of hydrogen-bond donors (Lipinski definition) is 0. The number of hydrogen-bond acceptors (Lipinski definition) is 0. The summed E-state index contributed by atoms with van der Waals surface area (Å²) in [5.74, 6) is 6.49. The van der Waals surface area contributed by atoms with E-state index in [0.717, 1.165) is 12.1 Å². The maximum Gasteiger partial charge on any atom is 0.166 e. The number of fused-ring (bicyclic) bond motifs is 1. The van der Waals surface area contributed by atoms with Crippen LogP contribution in [0.15, 0.2) is 72.8 Å². The highest BCUT2D eigenvalue weighted by Crippen LogP contribution is 2.22. The summed E-state index contributed by atoms with van der Waals surface area (Å²) in [6.45, 7) is 1.88. The van der Waals surface area contributed by atoms with Crippen LogP contribution in [0.1, 0.15) is 41.2 Å². The van der Waals surface area contributed by atoms with Gasteiger partial charge in [-0.3, -0.25) is 0 Å². The molecule has 0 bridgehead atoms. The molecule has 0 saturated carbocycles. The fourth-order valence-electron chi connectivity index (χ4n) is 3.62. The van der Waals surface area contributed by atoms with Gasteiger partial charge in [0.25, 0.3) is 0 Å². The molecule has 0 amide bonds. The quantitative estimate of drug-likeness (QED) is 0.157. The van der Waals surface area contributed by atoms with Gasteiger partial charge in [0.2, 0.25) is 0 Å². The highest BCUT2D eigenvalue weighted by molar-refractivity contribution is 5.84. The summed E-state index contributed by atoms with van der Waals surface area (Å²) < 4.78 is 70.5. The Labute approximate surface area is 206 Å². The Morgan fingerprint density at radius 2 is 1.36 bits per heavy atom. The molecule has 0 N–H and O–H groups in total. The largest absolute Gasteiger partial charge is 0.206 e. The monoisotopic (exact) mass is 486 g/mol. The molecular formula is C31H19F5. The first-order valence-corrected chi connectivity index (χ1v) is 11.2. The second kappa shape index (κ2) is 10.9. The molecule has 0 nitrogen and oxygen atoms in total. The molecule has 0 spiro atoms. The molecule has 4 aromatic carbocycles. The standard InChI is InChI=1S/C31H19F5/c1-2-3-4-5-22-18-29(34)26(30(35)19-22)14-9-21-7-11-23(28(33)17-21)10-6-20-8-13-25-24(16-20)12-15-27(32)31(25)36/h2-3,7-8,11-13,15-19H,4-5H2,1H3/b3-2+. The predicted molar refractivity (Wildman–Crippen MR) is 132 cm³/mol. The molecule has 0 unspecified atom stereocenters. The number of benzene rings is 4. The van der Waals surface area contributed by atoms with Crippen molar-refractivity contribution in [3.63, 3.8) is 0 Å². The first-order valence-electron chi connectivity index (χ1n) is 11.2. The van der Waals surface area contributed by atoms with E-state index >= 15 is 0 Å². The van der Waals surface area contributed by atoms with Crippen LogP contribution < -0.4 is 0 Å². The molecule has 4 rings (SSSR count). The Hall–Kier alpha value is -4.35. The van der Waals surface area contributed by atoms with E-state index in [9.17, 15) is 22.0 Å². The SMILES string of the molecule is C/C=C/CCc1cc(F)c(C#Cc2ccc(C#Cc3ccc4c(F)c(F)ccc4c3)c(F)c2)c(F)c1. The molecule has 0 aliphatic carbocycles. The Bertz CT molecular complexity index is 1580. The minimum Gasteiger partial charge on any atom is -0.206 e. The lowest BCUT2D eigenvalue weighted by Gasteiger charge is -2.03. The normalized spacial score (nSPS) is 10.7. The van der Waals surface area contributed by atoms with E-state index in [2.05, 4.69) is 23.7 Å². The third-order valence-corrected chi connectivity index (χ3v) is 5.49. The van der Waals surface area contributed by atoms with Gasteiger partial charge >= 0.3 is 0 Å². The van der Waals surface area contributed by atoms with E-state index < -0.39 is 29.1 Å². The summed E-state index contributed by atoms with van der Waals surface area (Å²) in [5.41, 5.74) is 0.982. The maximum absolute atomic E-state index is 14.6. The van der Waals surface area contributed by atoms with Gasteiger partial charge in [0, 0.05) is 16.5 Å². The third-order valence-electron chi connectivity index (χ3n) is 5.49. The first kappa shape index (κ1) is 24.8. The Morgan fingerprint density at radius 3 is 2.08 bits per heavy atom. The van der Waals surface area contributed by atoms with Gasteiger partial charge in [-0.25, -0.2) is 22.0 Å². The minimum absolute atomic E-state index is 0.0915. The number of aryl methyl sites for hydroxylation is 1. The van der Waals surface area contributed by atoms with Gasteiger partial charge in [-0.1, -0.05) is 48.0 Å². The van der Waals surface area contributed by atoms with E-state index in [4.69, 9.17) is 0 Å². The maximum atomic E-state index is 14.6. The van der Waals surface area contributed by atoms with Crippen molar-refractivity contribution in [2.75, 3.05) is 0 Å². The topological polar surface area (TPSA) is 0 Å². The molecule has 0 atom stereocenters. The van der Waals surface area contributed by atoms with Gasteiger partial charge < -0.3 is 0 Å². The highest BCUT2D eigenvalue weighted by atomic mass is 19.2. The predicted octanol–water partition coefficient (Wildman–Crippen LogP) is 7.84. The molecule has 0 heterocycles. The van der Waals surface area contributed by atoms with Crippen LogP contribution in [0.3, 0.4) is 0 Å². The molecule has 0 fully saturated rings. The van der Waals surface area contributed by atoms with Crippen molar-refractivity contribution in [3.8, 4) is 23.7 Å². The first-order chi connectivity index (χ1) is 17.4. The van der Waals surface area contributed by atoms with Crippen molar-refractivity contribution in [2.24, 2.45) is 0 Å². The van der Waals surface area contributed by atoms with Crippen LogP contribution in [0.25, 0.3) is 10.8 Å². The molecule has 0 aliphatic rings. The van der Waals surface area contributed by atoms with E-state index in [0.29, 0.717) is 29.4 Å². The van der Waals surface area contributed by atoms with Crippen molar-refractivity contribution in [1.29, 1.82) is 0 Å². The van der Waals surface area contributed by atoms with Crippen molar-refractivity contribution in [2.45, 2.75) is 19.8 Å². The van der Waals surface area contributed by atoms with Gasteiger partial charge in [0.05, 0.1) is 11.1 Å². The van der Waals surface area contributed by atoms with E-state index in [1.807, 2.05) is 19.1 Å². The molecular weight excluding hydrogens is 467 g/mol. The van der Waals surface area contributed by atoms with Crippen molar-refractivity contribution >= 4 is 10.8 Å². The second-order valence-corrected chi connectivity index (χ2v) is 8.03. The van der Waals surface area contributed by atoms with Crippen molar-refractivity contribution in [1.82, 2.24) is 0 Å². The van der Waals surface area contributed by atoms with Gasteiger partial charge in [-0.05, 0) is 79.2 Å². The molecule has 0 radical (unpaired) electrons. The van der Waals surface area contributed by atoms with Crippen LogP contribution in [-0.4, -0.2) is 0 Å². The van der Waals surface area contributed by atoms with Gasteiger partial charge in [0.1, 0.15) is 17.5 Å². The van der Waals surface area contributed by atoms with Crippen LogP contribution in [0.2, 0.25) is 0 Å². The summed E-state index contributed by atoms with van der Waals surface area (Å²) in [6.07, 6.45) is 4.97. The van der Waals surface area contributed by atoms with E-state index in [1.165, 1.54) is 42.5 Å². The molecule has 0 saturated heterocycles. The van der Waals surface area contributed by atoms with Crippen LogP contribution in [0.5, 0.6) is 0 Å². The Kier molecular flexibility index (Phi) is 7.52. The zero-order chi connectivity index (χ0) is 25.7. The second-order valence-electron chi connectivity index (χ2n) is 8.03. The fourth-order valence-corrected chi connectivity index (χ4v) is 3.62. The summed E-state index contributed by atoms with van der Waals surface area (Å²) in [4.78, 5) is 0. The van der Waals surface area contributed by atoms with Gasteiger partial charge in [-0.15, -0.1) is 0 Å². The highest BCUT2D eigenvalue weighted by Gasteiger charge is 2.10. The molecule has 36 heavy (non-hydrogen) atoms. The number of allylic oxidation sites excluding steroid dienone is 2. The molecule has 0 aromatic heterocycles. The van der Waals surface area contributed by atoms with Gasteiger partial charge in [-0.2, -0.15) is 0 Å². The average molecular weight is 486 g/mol. The van der Waals surface area contributed by atoms with Crippen LogP contribution in [0, 0.1) is 52.8 Å². The van der Waals surface area contributed by atoms with Gasteiger partial charge in [0.15, 0.2) is 11.6 Å². The van der Waals surface area contributed by atoms with E-state index in [1.54, 1.807) is 6.07 Å². The Morgan fingerprint density at radius 1 is 0.667 bits per heavy atom. The summed E-state index contributed by atoms with van der Waals surface area (Å²) in [7, 11) is 0. The smallest absolute Gasteiger partial charge is 0.166 e. The lowest BCUT2D eigenvalue weighted by molar-refractivity contribution is 0.517. The molecule has 4 aromatic rings. The summed E-state index contributed by atoms with van der Waals surface area (Å²) in [6, 6.07) is 13.6. The van der Waals surface area contributed by atoms with Crippen LogP contribution in [0.4, 0.5) is 22.0 Å². The van der Waals surface area contributed by atoms with Crippen molar-refractivity contribution < 1.29 is 22.0 Å². The van der Waals surface area contributed by atoms with Crippen molar-refractivity contribution in [3.05, 3.63) is 130 Å². The summed E-state index contributed by atoms with van der Waals surface area (Å²) in [5, 5.41) is 0.600. The zero-order valence-electron chi connectivity index (χ0n) is 19.2. The van der Waals surface area contributed by atoms with E-state index in [-0.39, 0.29) is 22.1 Å². The number of rotatable bonds is 3. The Balaban J connectivity index is 1.54. The molecule has 0 aliphatic heterocycles.